The van der Waals surface area contributed by atoms with Gasteiger partial charge in [-0.15, -0.1) is 0 Å². The third-order valence-corrected chi connectivity index (χ3v) is 3.95. The van der Waals surface area contributed by atoms with Crippen LogP contribution < -0.4 is 5.49 Å². The van der Waals surface area contributed by atoms with Crippen molar-refractivity contribution in [1.29, 1.82) is 10.7 Å². The average molecular weight is 294 g/mol. The summed E-state index contributed by atoms with van der Waals surface area (Å²) in [7, 11) is 0. The Kier molecular flexibility index (Phi) is 3.78. The fourth-order valence-electron chi connectivity index (χ4n) is 2.82. The van der Waals surface area contributed by atoms with Crippen molar-refractivity contribution in [2.75, 3.05) is 6.61 Å². The van der Waals surface area contributed by atoms with E-state index in [1.165, 1.54) is 0 Å². The number of hydrogen-bond acceptors (Lipinski definition) is 4. The molecule has 0 fully saturated rings. The van der Waals surface area contributed by atoms with Gasteiger partial charge in [-0.1, -0.05) is 32.0 Å². The van der Waals surface area contributed by atoms with E-state index in [2.05, 4.69) is 25.0 Å². The highest BCUT2D eigenvalue weighted by Crippen LogP contribution is 2.23. The molecule has 1 aromatic carbocycles. The van der Waals surface area contributed by atoms with Gasteiger partial charge in [0.05, 0.1) is 24.6 Å². The Morgan fingerprint density at radius 2 is 2.14 bits per heavy atom. The summed E-state index contributed by atoms with van der Waals surface area (Å²) in [6, 6.07) is 10.1. The van der Waals surface area contributed by atoms with Crippen molar-refractivity contribution in [1.82, 2.24) is 9.78 Å². The summed E-state index contributed by atoms with van der Waals surface area (Å²) in [5.74, 6) is 0.308. The van der Waals surface area contributed by atoms with Crippen molar-refractivity contribution in [3.05, 3.63) is 52.1 Å². The van der Waals surface area contributed by atoms with Crippen LogP contribution in [-0.4, -0.2) is 16.4 Å². The first-order chi connectivity index (χ1) is 10.6. The van der Waals surface area contributed by atoms with E-state index >= 15 is 0 Å². The predicted molar refractivity (Wildman–Crippen MR) is 81.6 cm³/mol. The zero-order valence-corrected chi connectivity index (χ0v) is 12.8. The van der Waals surface area contributed by atoms with Gasteiger partial charge in [0.25, 0.3) is 0 Å². The van der Waals surface area contributed by atoms with Crippen LogP contribution in [0.1, 0.15) is 42.1 Å². The molecule has 0 amide bonds. The molecule has 5 heteroatoms. The van der Waals surface area contributed by atoms with Gasteiger partial charge in [-0.05, 0) is 24.0 Å². The van der Waals surface area contributed by atoms with Gasteiger partial charge < -0.3 is 4.74 Å². The Morgan fingerprint density at radius 1 is 1.36 bits per heavy atom. The zero-order chi connectivity index (χ0) is 15.7. The standard InChI is InChI=1S/C17H18N4O/c1-11(2)12-5-3-4-6-16(12)21-17(19)14(9-18)13-7-8-22-10-15(13)20-21/h3-6,11,19H,7-8,10H2,1-2H3. The minimum atomic E-state index is 0.149. The van der Waals surface area contributed by atoms with Crippen LogP contribution in [0.5, 0.6) is 0 Å². The molecule has 1 aliphatic rings. The third kappa shape index (κ3) is 2.32. The molecular weight excluding hydrogens is 276 g/mol. The van der Waals surface area contributed by atoms with Gasteiger partial charge in [0.1, 0.15) is 11.6 Å². The number of nitrogens with zero attached hydrogens (tertiary/aromatic N) is 3. The zero-order valence-electron chi connectivity index (χ0n) is 12.8. The van der Waals surface area contributed by atoms with Crippen LogP contribution in [0.3, 0.4) is 0 Å². The Labute approximate surface area is 129 Å². The van der Waals surface area contributed by atoms with E-state index < -0.39 is 0 Å². The quantitative estimate of drug-likeness (QED) is 0.924. The van der Waals surface area contributed by atoms with Crippen molar-refractivity contribution in [2.45, 2.75) is 32.8 Å². The third-order valence-electron chi connectivity index (χ3n) is 3.95. The first kappa shape index (κ1) is 14.5. The summed E-state index contributed by atoms with van der Waals surface area (Å²) < 4.78 is 7.03. The minimum Gasteiger partial charge on any atom is -0.375 e. The predicted octanol–water partition coefficient (Wildman–Crippen LogP) is 2.42. The molecule has 0 saturated carbocycles. The molecule has 2 aromatic rings. The molecule has 0 spiro atoms. The van der Waals surface area contributed by atoms with E-state index in [1.54, 1.807) is 4.68 Å². The Bertz CT molecular complexity index is 814. The first-order valence-electron chi connectivity index (χ1n) is 7.40. The fourth-order valence-corrected chi connectivity index (χ4v) is 2.82. The molecule has 0 saturated heterocycles. The normalized spacial score (nSPS) is 13.7. The van der Waals surface area contributed by atoms with Crippen molar-refractivity contribution in [3.8, 4) is 11.8 Å². The van der Waals surface area contributed by atoms with Gasteiger partial charge >= 0.3 is 0 Å². The van der Waals surface area contributed by atoms with Gasteiger partial charge in [0.2, 0.25) is 0 Å². The maximum absolute atomic E-state index is 9.47. The highest BCUT2D eigenvalue weighted by atomic mass is 16.5. The average Bonchev–Trinajstić information content (AvgIpc) is 2.54. The number of para-hydroxylation sites is 1. The highest BCUT2D eigenvalue weighted by molar-refractivity contribution is 5.45. The lowest BCUT2D eigenvalue weighted by molar-refractivity contribution is 0.105. The molecule has 3 rings (SSSR count). The highest BCUT2D eigenvalue weighted by Gasteiger charge is 2.20. The molecule has 1 aromatic heterocycles. The van der Waals surface area contributed by atoms with E-state index in [1.807, 2.05) is 24.3 Å². The lowest BCUT2D eigenvalue weighted by atomic mass is 10.0. The maximum atomic E-state index is 9.47. The van der Waals surface area contributed by atoms with Crippen molar-refractivity contribution in [2.24, 2.45) is 0 Å². The molecule has 0 atom stereocenters. The number of nitriles is 1. The van der Waals surface area contributed by atoms with E-state index in [-0.39, 0.29) is 5.49 Å². The largest absolute Gasteiger partial charge is 0.375 e. The Hall–Kier alpha value is -2.45. The number of hydrogen-bond donors (Lipinski definition) is 1. The van der Waals surface area contributed by atoms with E-state index in [4.69, 9.17) is 10.1 Å². The lowest BCUT2D eigenvalue weighted by Gasteiger charge is -2.20. The molecule has 2 heterocycles. The summed E-state index contributed by atoms with van der Waals surface area (Å²) in [4.78, 5) is 0. The summed E-state index contributed by atoms with van der Waals surface area (Å²) in [6.45, 7) is 5.19. The number of nitrogens with one attached hydrogen (secondary N) is 1. The molecule has 22 heavy (non-hydrogen) atoms. The molecule has 0 radical (unpaired) electrons. The summed E-state index contributed by atoms with van der Waals surface area (Å²) >= 11 is 0. The van der Waals surface area contributed by atoms with Gasteiger partial charge in [-0.2, -0.15) is 10.4 Å². The number of aromatic nitrogens is 2. The second kappa shape index (κ2) is 5.74. The first-order valence-corrected chi connectivity index (χ1v) is 7.40. The van der Waals surface area contributed by atoms with Crippen LogP contribution in [0.4, 0.5) is 0 Å². The minimum absolute atomic E-state index is 0.149. The van der Waals surface area contributed by atoms with Crippen LogP contribution >= 0.6 is 0 Å². The van der Waals surface area contributed by atoms with Crippen molar-refractivity contribution < 1.29 is 4.74 Å². The van der Waals surface area contributed by atoms with Gasteiger partial charge in [0, 0.05) is 5.56 Å². The topological polar surface area (TPSA) is 74.7 Å². The smallest absolute Gasteiger partial charge is 0.165 e. The van der Waals surface area contributed by atoms with E-state index in [0.717, 1.165) is 22.5 Å². The van der Waals surface area contributed by atoms with Crippen LogP contribution in [-0.2, 0) is 17.8 Å². The van der Waals surface area contributed by atoms with Gasteiger partial charge in [0.15, 0.2) is 5.49 Å². The number of benzene rings is 1. The molecular formula is C17H18N4O. The number of rotatable bonds is 2. The summed E-state index contributed by atoms with van der Waals surface area (Å²) in [5, 5.41) is 22.5. The second-order valence-electron chi connectivity index (χ2n) is 5.69. The summed E-state index contributed by atoms with van der Waals surface area (Å²) in [5.41, 5.74) is 4.14. The Morgan fingerprint density at radius 3 is 2.86 bits per heavy atom. The summed E-state index contributed by atoms with van der Waals surface area (Å²) in [6.07, 6.45) is 0.643. The molecule has 0 bridgehead atoms. The fraction of sp³-hybridized carbons (Fsp3) is 0.353. The Balaban J connectivity index is 2.30. The lowest BCUT2D eigenvalue weighted by Crippen LogP contribution is -2.30. The monoisotopic (exact) mass is 294 g/mol. The van der Waals surface area contributed by atoms with Crippen molar-refractivity contribution in [3.63, 3.8) is 0 Å². The maximum Gasteiger partial charge on any atom is 0.165 e. The number of fused-ring (bicyclic) bond motifs is 1. The molecule has 0 unspecified atom stereocenters. The molecule has 1 N–H and O–H groups in total. The van der Waals surface area contributed by atoms with Crippen LogP contribution in [0.2, 0.25) is 0 Å². The van der Waals surface area contributed by atoms with Crippen LogP contribution in [0.25, 0.3) is 5.69 Å². The SMILES string of the molecule is CC(C)c1ccccc1-n1nc2c(c(C#N)c1=N)CCOC2. The second-order valence-corrected chi connectivity index (χ2v) is 5.69. The molecule has 5 nitrogen and oxygen atoms in total. The van der Waals surface area contributed by atoms with Crippen molar-refractivity contribution >= 4 is 0 Å². The van der Waals surface area contributed by atoms with E-state index in [9.17, 15) is 5.26 Å². The van der Waals surface area contributed by atoms with E-state index in [0.29, 0.717) is 31.1 Å². The molecule has 1 aliphatic heterocycles. The number of ether oxygens (including phenoxy) is 1. The van der Waals surface area contributed by atoms with Gasteiger partial charge in [-0.25, -0.2) is 4.68 Å². The molecule has 0 aliphatic carbocycles. The molecule has 112 valence electrons. The van der Waals surface area contributed by atoms with Crippen LogP contribution in [0.15, 0.2) is 24.3 Å². The van der Waals surface area contributed by atoms with Gasteiger partial charge in [-0.3, -0.25) is 5.41 Å². The van der Waals surface area contributed by atoms with Crippen LogP contribution in [0, 0.1) is 16.7 Å².